The predicted molar refractivity (Wildman–Crippen MR) is 137 cm³/mol. The predicted octanol–water partition coefficient (Wildman–Crippen LogP) is 6.44. The van der Waals surface area contributed by atoms with Gasteiger partial charge in [0.05, 0.1) is 12.2 Å². The molecule has 0 radical (unpaired) electrons. The molecular formula is C26H20Cl2F3N7O. The fraction of sp³-hybridized carbons (Fsp3) is 0.269. The fourth-order valence-electron chi connectivity index (χ4n) is 4.78. The van der Waals surface area contributed by atoms with E-state index < -0.39 is 17.5 Å². The number of benzene rings is 2. The Morgan fingerprint density at radius 3 is 2.41 bits per heavy atom. The van der Waals surface area contributed by atoms with Crippen LogP contribution < -0.4 is 0 Å². The maximum absolute atomic E-state index is 14.0. The standard InChI is InChI=1S/C26H20Cl2F3N7O/c27-17-6-8-18(9-7-17)38-20(13-37-15-32-14-33-37)22(34-21(38)12-16-4-1-2-5-19(16)28)23-35-36-24(39-23)25(10-3-11-25)26(29,30)31/h1-2,4-9,14-15H,3,10-13H2. The van der Waals surface area contributed by atoms with Gasteiger partial charge in [0.25, 0.3) is 5.89 Å². The van der Waals surface area contributed by atoms with Crippen molar-refractivity contribution in [3.05, 3.63) is 94.2 Å². The molecule has 3 aromatic heterocycles. The number of hydrogen-bond acceptors (Lipinski definition) is 6. The molecule has 13 heteroatoms. The van der Waals surface area contributed by atoms with Gasteiger partial charge in [-0.1, -0.05) is 47.8 Å². The highest BCUT2D eigenvalue weighted by atomic mass is 35.5. The number of hydrogen-bond donors (Lipinski definition) is 0. The van der Waals surface area contributed by atoms with Crippen molar-refractivity contribution in [2.24, 2.45) is 0 Å². The summed E-state index contributed by atoms with van der Waals surface area (Å²) < 4.78 is 51.2. The van der Waals surface area contributed by atoms with Crippen molar-refractivity contribution in [3.63, 3.8) is 0 Å². The Morgan fingerprint density at radius 1 is 1.00 bits per heavy atom. The maximum Gasteiger partial charge on any atom is 0.403 e. The second-order valence-corrected chi connectivity index (χ2v) is 10.2. The largest absolute Gasteiger partial charge is 0.418 e. The number of rotatable bonds is 7. The molecule has 1 aliphatic rings. The average Bonchev–Trinajstić information content (AvgIpc) is 3.61. The maximum atomic E-state index is 14.0. The van der Waals surface area contributed by atoms with Crippen LogP contribution in [-0.2, 0) is 18.4 Å². The number of imidazole rings is 1. The molecule has 6 rings (SSSR count). The molecular weight excluding hydrogens is 554 g/mol. The van der Waals surface area contributed by atoms with E-state index in [0.717, 1.165) is 11.3 Å². The first kappa shape index (κ1) is 25.6. The van der Waals surface area contributed by atoms with Crippen molar-refractivity contribution in [3.8, 4) is 17.3 Å². The lowest BCUT2D eigenvalue weighted by Gasteiger charge is -2.39. The Labute approximate surface area is 230 Å². The Bertz CT molecular complexity index is 1610. The van der Waals surface area contributed by atoms with E-state index in [4.69, 9.17) is 32.6 Å². The molecule has 0 atom stereocenters. The second kappa shape index (κ2) is 9.80. The minimum Gasteiger partial charge on any atom is -0.418 e. The van der Waals surface area contributed by atoms with E-state index in [-0.39, 0.29) is 31.0 Å². The number of halogens is 5. The van der Waals surface area contributed by atoms with Crippen molar-refractivity contribution < 1.29 is 17.6 Å². The Kier molecular flexibility index (Phi) is 6.43. The summed E-state index contributed by atoms with van der Waals surface area (Å²) in [4.78, 5) is 8.84. The van der Waals surface area contributed by atoms with Crippen molar-refractivity contribution >= 4 is 23.2 Å². The number of aromatic nitrogens is 7. The summed E-state index contributed by atoms with van der Waals surface area (Å²) in [5, 5.41) is 13.2. The third kappa shape index (κ3) is 4.59. The third-order valence-electron chi connectivity index (χ3n) is 7.00. The van der Waals surface area contributed by atoms with Crippen LogP contribution in [0, 0.1) is 0 Å². The van der Waals surface area contributed by atoms with Gasteiger partial charge in [-0.15, -0.1) is 10.2 Å². The van der Waals surface area contributed by atoms with E-state index in [1.165, 1.54) is 12.7 Å². The van der Waals surface area contributed by atoms with Gasteiger partial charge in [-0.3, -0.25) is 4.57 Å². The smallest absolute Gasteiger partial charge is 0.403 e. The van der Waals surface area contributed by atoms with Crippen molar-refractivity contribution in [1.82, 2.24) is 34.5 Å². The van der Waals surface area contributed by atoms with Crippen LogP contribution in [0.3, 0.4) is 0 Å². The summed E-state index contributed by atoms with van der Waals surface area (Å²) in [5.74, 6) is 0.00452. The lowest BCUT2D eigenvalue weighted by Crippen LogP contribution is -2.48. The van der Waals surface area contributed by atoms with Gasteiger partial charge in [-0.05, 0) is 48.7 Å². The van der Waals surface area contributed by atoms with Crippen molar-refractivity contribution in [1.29, 1.82) is 0 Å². The molecule has 3 heterocycles. The molecule has 0 saturated heterocycles. The molecule has 1 saturated carbocycles. The SMILES string of the molecule is FC(F)(F)C1(c2nnc(-c3nc(Cc4ccccc4Cl)n(-c4ccc(Cl)cc4)c3Cn3cncn3)o2)CCC1. The van der Waals surface area contributed by atoms with Crippen LogP contribution in [0.5, 0.6) is 0 Å². The minimum atomic E-state index is -4.50. The molecule has 8 nitrogen and oxygen atoms in total. The topological polar surface area (TPSA) is 87.5 Å². The van der Waals surface area contributed by atoms with Gasteiger partial charge >= 0.3 is 6.18 Å². The molecule has 0 bridgehead atoms. The number of nitrogens with zero attached hydrogens (tertiary/aromatic N) is 7. The molecule has 0 amide bonds. The molecule has 200 valence electrons. The molecule has 39 heavy (non-hydrogen) atoms. The zero-order valence-corrected chi connectivity index (χ0v) is 21.7. The van der Waals surface area contributed by atoms with Gasteiger partial charge < -0.3 is 4.42 Å². The zero-order chi connectivity index (χ0) is 27.2. The highest BCUT2D eigenvalue weighted by Crippen LogP contribution is 2.54. The van der Waals surface area contributed by atoms with Crippen LogP contribution in [0.2, 0.25) is 10.0 Å². The van der Waals surface area contributed by atoms with Gasteiger partial charge in [-0.25, -0.2) is 14.6 Å². The monoisotopic (exact) mass is 573 g/mol. The van der Waals surface area contributed by atoms with E-state index in [1.54, 1.807) is 22.9 Å². The van der Waals surface area contributed by atoms with Crippen molar-refractivity contribution in [2.75, 3.05) is 0 Å². The quantitative estimate of drug-likeness (QED) is 0.222. The van der Waals surface area contributed by atoms with Gasteiger partial charge in [-0.2, -0.15) is 18.3 Å². The van der Waals surface area contributed by atoms with Gasteiger partial charge in [0.1, 0.15) is 23.9 Å². The van der Waals surface area contributed by atoms with Gasteiger partial charge in [0.15, 0.2) is 5.69 Å². The molecule has 5 aromatic rings. The summed E-state index contributed by atoms with van der Waals surface area (Å²) in [6.45, 7) is 0.176. The summed E-state index contributed by atoms with van der Waals surface area (Å²) >= 11 is 12.6. The van der Waals surface area contributed by atoms with Crippen LogP contribution in [-0.4, -0.2) is 40.7 Å². The zero-order valence-electron chi connectivity index (χ0n) is 20.2. The Morgan fingerprint density at radius 2 is 1.77 bits per heavy atom. The van der Waals surface area contributed by atoms with E-state index in [0.29, 0.717) is 34.4 Å². The van der Waals surface area contributed by atoms with Crippen LogP contribution in [0.25, 0.3) is 17.3 Å². The number of alkyl halides is 3. The molecule has 2 aromatic carbocycles. The summed E-state index contributed by atoms with van der Waals surface area (Å²) in [6.07, 6.45) is -1.02. The first-order valence-electron chi connectivity index (χ1n) is 12.1. The van der Waals surface area contributed by atoms with Crippen LogP contribution >= 0.6 is 23.2 Å². The Hall–Kier alpha value is -3.70. The summed E-state index contributed by atoms with van der Waals surface area (Å²) in [7, 11) is 0. The first-order valence-corrected chi connectivity index (χ1v) is 12.8. The third-order valence-corrected chi connectivity index (χ3v) is 7.62. The highest BCUT2D eigenvalue weighted by Gasteiger charge is 2.63. The summed E-state index contributed by atoms with van der Waals surface area (Å²) in [5.41, 5.74) is 0.215. The molecule has 1 fully saturated rings. The first-order chi connectivity index (χ1) is 18.7. The van der Waals surface area contributed by atoms with Crippen LogP contribution in [0.15, 0.2) is 65.6 Å². The second-order valence-electron chi connectivity index (χ2n) is 9.34. The van der Waals surface area contributed by atoms with E-state index in [2.05, 4.69) is 20.3 Å². The summed E-state index contributed by atoms with van der Waals surface area (Å²) in [6, 6.07) is 14.5. The van der Waals surface area contributed by atoms with E-state index in [9.17, 15) is 13.2 Å². The van der Waals surface area contributed by atoms with Crippen LogP contribution in [0.4, 0.5) is 13.2 Å². The molecule has 0 spiro atoms. The lowest BCUT2D eigenvalue weighted by molar-refractivity contribution is -0.219. The van der Waals surface area contributed by atoms with E-state index >= 15 is 0 Å². The fourth-order valence-corrected chi connectivity index (χ4v) is 5.11. The van der Waals surface area contributed by atoms with Crippen molar-refractivity contribution in [2.45, 2.75) is 43.8 Å². The van der Waals surface area contributed by atoms with Crippen LogP contribution in [0.1, 0.15) is 42.2 Å². The molecule has 1 aliphatic carbocycles. The average molecular weight is 574 g/mol. The van der Waals surface area contributed by atoms with E-state index in [1.807, 2.05) is 34.9 Å². The lowest BCUT2D eigenvalue weighted by atomic mass is 9.68. The molecule has 0 N–H and O–H groups in total. The highest BCUT2D eigenvalue weighted by molar-refractivity contribution is 6.31. The minimum absolute atomic E-state index is 0.0963. The van der Waals surface area contributed by atoms with Gasteiger partial charge in [0, 0.05) is 22.2 Å². The normalized spacial score (nSPS) is 14.9. The van der Waals surface area contributed by atoms with Gasteiger partial charge in [0.2, 0.25) is 5.89 Å². The molecule has 0 unspecified atom stereocenters. The molecule has 0 aliphatic heterocycles. The Balaban J connectivity index is 1.54.